The molecule has 0 saturated carbocycles. The number of halogens is 1. The molecular formula is C24H21ClN4O. The lowest BCUT2D eigenvalue weighted by molar-refractivity contribution is 0.101. The molecule has 1 heterocycles. The highest BCUT2D eigenvalue weighted by molar-refractivity contribution is 6.31. The van der Waals surface area contributed by atoms with E-state index in [1.807, 2.05) is 87.5 Å². The number of carbonyl (C=O) groups excluding carboxylic acids is 1. The van der Waals surface area contributed by atoms with Gasteiger partial charge in [-0.05, 0) is 55.7 Å². The van der Waals surface area contributed by atoms with Crippen LogP contribution in [0.1, 0.15) is 27.3 Å². The number of benzene rings is 3. The van der Waals surface area contributed by atoms with Crippen LogP contribution in [0.25, 0.3) is 17.1 Å². The van der Waals surface area contributed by atoms with Gasteiger partial charge < -0.3 is 5.32 Å². The van der Waals surface area contributed by atoms with Crippen molar-refractivity contribution < 1.29 is 4.79 Å². The zero-order valence-electron chi connectivity index (χ0n) is 17.0. The Labute approximate surface area is 180 Å². The Morgan fingerprint density at radius 3 is 2.40 bits per heavy atom. The number of hydrogen-bond acceptors (Lipinski definition) is 3. The van der Waals surface area contributed by atoms with Gasteiger partial charge in [0.25, 0.3) is 5.91 Å². The van der Waals surface area contributed by atoms with Crippen LogP contribution in [0.4, 0.5) is 5.69 Å². The molecule has 0 spiro atoms. The van der Waals surface area contributed by atoms with Crippen LogP contribution in [0.3, 0.4) is 0 Å². The molecular weight excluding hydrogens is 396 g/mol. The third-order valence-corrected chi connectivity index (χ3v) is 5.29. The molecule has 1 amide bonds. The van der Waals surface area contributed by atoms with Crippen molar-refractivity contribution in [3.05, 3.63) is 94.3 Å². The number of anilines is 1. The van der Waals surface area contributed by atoms with Gasteiger partial charge in [0, 0.05) is 16.3 Å². The molecule has 5 nitrogen and oxygen atoms in total. The maximum Gasteiger partial charge on any atom is 0.295 e. The molecule has 150 valence electrons. The fraction of sp³-hybridized carbons (Fsp3) is 0.125. The van der Waals surface area contributed by atoms with Gasteiger partial charge in [-0.3, -0.25) is 4.79 Å². The molecule has 0 bridgehead atoms. The van der Waals surface area contributed by atoms with Gasteiger partial charge in [-0.25, -0.2) is 9.67 Å². The lowest BCUT2D eigenvalue weighted by Gasteiger charge is -2.08. The number of nitrogens with one attached hydrogen (secondary N) is 1. The molecule has 0 aliphatic carbocycles. The average molecular weight is 417 g/mol. The lowest BCUT2D eigenvalue weighted by atomic mass is 10.1. The van der Waals surface area contributed by atoms with Crippen LogP contribution >= 0.6 is 11.6 Å². The molecule has 1 N–H and O–H groups in total. The third kappa shape index (κ3) is 3.98. The third-order valence-electron chi connectivity index (χ3n) is 4.88. The van der Waals surface area contributed by atoms with E-state index in [1.54, 1.807) is 4.68 Å². The first kappa shape index (κ1) is 19.9. The van der Waals surface area contributed by atoms with E-state index in [0.717, 1.165) is 33.6 Å². The van der Waals surface area contributed by atoms with Crippen LogP contribution < -0.4 is 5.32 Å². The van der Waals surface area contributed by atoms with E-state index in [4.69, 9.17) is 11.6 Å². The van der Waals surface area contributed by atoms with Crippen molar-refractivity contribution >= 4 is 23.2 Å². The van der Waals surface area contributed by atoms with Gasteiger partial charge in [-0.2, -0.15) is 0 Å². The highest BCUT2D eigenvalue weighted by atomic mass is 35.5. The monoisotopic (exact) mass is 416 g/mol. The summed E-state index contributed by atoms with van der Waals surface area (Å²) in [5.41, 5.74) is 5.34. The van der Waals surface area contributed by atoms with Crippen molar-refractivity contribution in [3.63, 3.8) is 0 Å². The van der Waals surface area contributed by atoms with Crippen molar-refractivity contribution in [2.45, 2.75) is 20.8 Å². The molecule has 4 rings (SSSR count). The summed E-state index contributed by atoms with van der Waals surface area (Å²) in [5, 5.41) is 8.07. The highest BCUT2D eigenvalue weighted by Gasteiger charge is 2.19. The molecule has 0 aliphatic heterocycles. The Bertz CT molecular complexity index is 1230. The molecule has 0 saturated heterocycles. The smallest absolute Gasteiger partial charge is 0.295 e. The van der Waals surface area contributed by atoms with E-state index < -0.39 is 0 Å². The summed E-state index contributed by atoms with van der Waals surface area (Å²) < 4.78 is 1.65. The van der Waals surface area contributed by atoms with E-state index in [0.29, 0.717) is 10.8 Å². The van der Waals surface area contributed by atoms with E-state index >= 15 is 0 Å². The summed E-state index contributed by atoms with van der Waals surface area (Å²) in [5.74, 6) is 0.297. The SMILES string of the molecule is Cc1ccc(C)c(NC(=O)c2nc(-c3ccccc3)n(-c3ccc(C)c(Cl)c3)n2)c1. The summed E-state index contributed by atoms with van der Waals surface area (Å²) in [7, 11) is 0. The Morgan fingerprint density at radius 1 is 0.933 bits per heavy atom. The zero-order valence-corrected chi connectivity index (χ0v) is 17.7. The molecule has 6 heteroatoms. The Balaban J connectivity index is 1.78. The second-order valence-corrected chi connectivity index (χ2v) is 7.65. The Kier molecular flexibility index (Phi) is 5.38. The van der Waals surface area contributed by atoms with Crippen LogP contribution in [0.15, 0.2) is 66.7 Å². The zero-order chi connectivity index (χ0) is 21.3. The van der Waals surface area contributed by atoms with Crippen molar-refractivity contribution in [3.8, 4) is 17.1 Å². The minimum Gasteiger partial charge on any atom is -0.319 e. The predicted octanol–water partition coefficient (Wildman–Crippen LogP) is 5.77. The largest absolute Gasteiger partial charge is 0.319 e. The minimum atomic E-state index is -0.363. The number of rotatable bonds is 4. The molecule has 0 atom stereocenters. The van der Waals surface area contributed by atoms with Crippen LogP contribution in [0.2, 0.25) is 5.02 Å². The Hall–Kier alpha value is -3.44. The first-order valence-electron chi connectivity index (χ1n) is 9.60. The first-order valence-corrected chi connectivity index (χ1v) is 9.98. The van der Waals surface area contributed by atoms with Crippen molar-refractivity contribution in [2.75, 3.05) is 5.32 Å². The quantitative estimate of drug-likeness (QED) is 0.459. The van der Waals surface area contributed by atoms with Crippen molar-refractivity contribution in [1.29, 1.82) is 0 Å². The number of aromatic nitrogens is 3. The summed E-state index contributed by atoms with van der Waals surface area (Å²) >= 11 is 6.33. The number of amides is 1. The minimum absolute atomic E-state index is 0.0893. The topological polar surface area (TPSA) is 59.8 Å². The van der Waals surface area contributed by atoms with Gasteiger partial charge in [0.15, 0.2) is 5.82 Å². The second-order valence-electron chi connectivity index (χ2n) is 7.24. The standard InChI is InChI=1S/C24H21ClN4O/c1-15-9-10-17(3)21(13-15)26-24(30)22-27-23(18-7-5-4-6-8-18)29(28-22)19-12-11-16(2)20(25)14-19/h4-14H,1-3H3,(H,26,30). The summed E-state index contributed by atoms with van der Waals surface area (Å²) in [6.07, 6.45) is 0. The first-order chi connectivity index (χ1) is 14.4. The maximum absolute atomic E-state index is 13.0. The molecule has 0 unspecified atom stereocenters. The molecule has 30 heavy (non-hydrogen) atoms. The molecule has 0 aliphatic rings. The fourth-order valence-electron chi connectivity index (χ4n) is 3.12. The van der Waals surface area contributed by atoms with Crippen LogP contribution in [-0.2, 0) is 0 Å². The number of hydrogen-bond donors (Lipinski definition) is 1. The van der Waals surface area contributed by atoms with Gasteiger partial charge in [0.2, 0.25) is 5.82 Å². The van der Waals surface area contributed by atoms with E-state index in [2.05, 4.69) is 15.4 Å². The van der Waals surface area contributed by atoms with E-state index in [-0.39, 0.29) is 11.7 Å². The fourth-order valence-corrected chi connectivity index (χ4v) is 3.30. The number of aryl methyl sites for hydroxylation is 3. The Morgan fingerprint density at radius 2 is 1.67 bits per heavy atom. The van der Waals surface area contributed by atoms with Gasteiger partial charge in [0.1, 0.15) is 0 Å². The lowest BCUT2D eigenvalue weighted by Crippen LogP contribution is -2.15. The molecule has 0 radical (unpaired) electrons. The van der Waals surface area contributed by atoms with Gasteiger partial charge in [-0.15, -0.1) is 5.10 Å². The summed E-state index contributed by atoms with van der Waals surface area (Å²) in [6.45, 7) is 5.87. The van der Waals surface area contributed by atoms with Crippen LogP contribution in [0, 0.1) is 20.8 Å². The normalized spacial score (nSPS) is 10.8. The highest BCUT2D eigenvalue weighted by Crippen LogP contribution is 2.25. The summed E-state index contributed by atoms with van der Waals surface area (Å²) in [6, 6.07) is 21.2. The van der Waals surface area contributed by atoms with E-state index in [1.165, 1.54) is 0 Å². The maximum atomic E-state index is 13.0. The van der Waals surface area contributed by atoms with E-state index in [9.17, 15) is 4.79 Å². The average Bonchev–Trinajstić information content (AvgIpc) is 3.19. The summed E-state index contributed by atoms with van der Waals surface area (Å²) in [4.78, 5) is 17.5. The van der Waals surface area contributed by atoms with Gasteiger partial charge >= 0.3 is 0 Å². The van der Waals surface area contributed by atoms with Crippen LogP contribution in [-0.4, -0.2) is 20.7 Å². The van der Waals surface area contributed by atoms with Crippen molar-refractivity contribution in [1.82, 2.24) is 14.8 Å². The second kappa shape index (κ2) is 8.13. The van der Waals surface area contributed by atoms with Crippen LogP contribution in [0.5, 0.6) is 0 Å². The predicted molar refractivity (Wildman–Crippen MR) is 120 cm³/mol. The number of carbonyl (C=O) groups is 1. The van der Waals surface area contributed by atoms with Gasteiger partial charge in [0.05, 0.1) is 5.69 Å². The number of nitrogens with zero attached hydrogens (tertiary/aromatic N) is 3. The molecule has 3 aromatic carbocycles. The molecule has 4 aromatic rings. The molecule has 1 aromatic heterocycles. The molecule has 0 fully saturated rings. The van der Waals surface area contributed by atoms with Crippen molar-refractivity contribution in [2.24, 2.45) is 0 Å². The van der Waals surface area contributed by atoms with Gasteiger partial charge in [-0.1, -0.05) is 60.1 Å².